The van der Waals surface area contributed by atoms with Gasteiger partial charge in [-0.05, 0) is 18.9 Å². The lowest BCUT2D eigenvalue weighted by molar-refractivity contribution is -0.131. The molecule has 8 nitrogen and oxygen atoms in total. The molecule has 1 aromatic heterocycles. The van der Waals surface area contributed by atoms with E-state index < -0.39 is 44.0 Å². The number of aromatic nitrogens is 1. The van der Waals surface area contributed by atoms with E-state index in [4.69, 9.17) is 5.21 Å². The van der Waals surface area contributed by atoms with E-state index in [0.717, 1.165) is 23.9 Å². The molecule has 0 saturated heterocycles. The van der Waals surface area contributed by atoms with E-state index in [0.29, 0.717) is 5.56 Å². The molecule has 146 valence electrons. The van der Waals surface area contributed by atoms with E-state index in [2.05, 4.69) is 0 Å². The largest absolute Gasteiger partial charge is 0.503 e. The van der Waals surface area contributed by atoms with Crippen molar-refractivity contribution in [1.29, 1.82) is 0 Å². The Kier molecular flexibility index (Phi) is 5.71. The Labute approximate surface area is 154 Å². The Hall–Kier alpha value is -2.72. The third-order valence-electron chi connectivity index (χ3n) is 4.50. The van der Waals surface area contributed by atoms with Gasteiger partial charge in [0.25, 0.3) is 11.5 Å². The van der Waals surface area contributed by atoms with E-state index in [9.17, 15) is 27.5 Å². The smallest absolute Gasteiger partial charge is 0.293 e. The van der Waals surface area contributed by atoms with Crippen LogP contribution < -0.4 is 11.0 Å². The maximum Gasteiger partial charge on any atom is 0.293 e. The lowest BCUT2D eigenvalue weighted by Gasteiger charge is -2.25. The normalized spacial score (nSPS) is 13.8. The third kappa shape index (κ3) is 3.86. The maximum absolute atomic E-state index is 14.5. The van der Waals surface area contributed by atoms with Crippen LogP contribution in [0.25, 0.3) is 11.1 Å². The van der Waals surface area contributed by atoms with Gasteiger partial charge in [-0.1, -0.05) is 30.3 Å². The third-order valence-corrected chi connectivity index (χ3v) is 6.53. The summed E-state index contributed by atoms with van der Waals surface area (Å²) in [6, 6.07) is 7.97. The van der Waals surface area contributed by atoms with Crippen LogP contribution in [0.3, 0.4) is 0 Å². The minimum Gasteiger partial charge on any atom is -0.503 e. The summed E-state index contributed by atoms with van der Waals surface area (Å²) >= 11 is 0. The van der Waals surface area contributed by atoms with Crippen LogP contribution in [-0.4, -0.2) is 40.2 Å². The lowest BCUT2D eigenvalue weighted by Crippen LogP contribution is -2.50. The quantitative estimate of drug-likeness (QED) is 0.493. The van der Waals surface area contributed by atoms with Gasteiger partial charge < -0.3 is 9.67 Å². The van der Waals surface area contributed by atoms with Gasteiger partial charge in [-0.3, -0.25) is 14.8 Å². The average molecular weight is 398 g/mol. The molecule has 1 aromatic carbocycles. The minimum absolute atomic E-state index is 0.268. The van der Waals surface area contributed by atoms with Crippen molar-refractivity contribution in [2.75, 3.05) is 6.26 Å². The van der Waals surface area contributed by atoms with E-state index >= 15 is 0 Å². The van der Waals surface area contributed by atoms with E-state index in [1.165, 1.54) is 17.6 Å². The fourth-order valence-electron chi connectivity index (χ4n) is 2.58. The monoisotopic (exact) mass is 398 g/mol. The second-order valence-electron chi connectivity index (χ2n) is 6.26. The van der Waals surface area contributed by atoms with Crippen LogP contribution in [0.15, 0.2) is 41.3 Å². The molecule has 0 fully saturated rings. The summed E-state index contributed by atoms with van der Waals surface area (Å²) in [5.41, 5.74) is 0.388. The van der Waals surface area contributed by atoms with Crippen molar-refractivity contribution < 1.29 is 27.9 Å². The number of amides is 1. The summed E-state index contributed by atoms with van der Waals surface area (Å²) in [4.78, 5) is 24.2. The molecule has 2 aromatic rings. The molecule has 0 saturated carbocycles. The highest BCUT2D eigenvalue weighted by atomic mass is 32.2. The Balaban J connectivity index is 2.44. The van der Waals surface area contributed by atoms with Crippen molar-refractivity contribution in [3.8, 4) is 16.9 Å². The lowest BCUT2D eigenvalue weighted by atomic mass is 10.0. The van der Waals surface area contributed by atoms with Gasteiger partial charge in [-0.25, -0.2) is 18.3 Å². The number of hydroxylamine groups is 1. The Morgan fingerprint density at radius 2 is 1.89 bits per heavy atom. The first kappa shape index (κ1) is 20.6. The van der Waals surface area contributed by atoms with Crippen molar-refractivity contribution >= 4 is 15.7 Å². The van der Waals surface area contributed by atoms with Gasteiger partial charge in [0, 0.05) is 19.0 Å². The number of hydrogen-bond acceptors (Lipinski definition) is 6. The first-order valence-corrected chi connectivity index (χ1v) is 9.73. The number of halogens is 1. The number of nitrogens with one attached hydrogen (secondary N) is 1. The highest BCUT2D eigenvalue weighted by Crippen LogP contribution is 2.29. The van der Waals surface area contributed by atoms with E-state index in [1.807, 2.05) is 0 Å². The Bertz CT molecular complexity index is 1020. The SMILES string of the molecule is C[C@@](CCn1cc(F)c(-c2ccccc2)c(O)c1=O)(C(=O)NO)S(C)(=O)=O. The maximum atomic E-state index is 14.5. The van der Waals surface area contributed by atoms with Crippen molar-refractivity contribution in [3.05, 3.63) is 52.7 Å². The van der Waals surface area contributed by atoms with Gasteiger partial charge in [0.15, 0.2) is 26.2 Å². The molecule has 0 bridgehead atoms. The summed E-state index contributed by atoms with van der Waals surface area (Å²) in [5, 5.41) is 19.0. The van der Waals surface area contributed by atoms with Crippen LogP contribution in [0.4, 0.5) is 4.39 Å². The van der Waals surface area contributed by atoms with Crippen LogP contribution in [-0.2, 0) is 21.2 Å². The molecule has 0 unspecified atom stereocenters. The second kappa shape index (κ2) is 7.49. The number of nitrogens with zero attached hydrogens (tertiary/aromatic N) is 1. The zero-order chi connectivity index (χ0) is 20.4. The number of aryl methyl sites for hydroxylation is 1. The summed E-state index contributed by atoms with van der Waals surface area (Å²) in [7, 11) is -3.97. The molecule has 0 radical (unpaired) electrons. The molecule has 1 amide bonds. The molecule has 0 aliphatic rings. The predicted octanol–water partition coefficient (Wildman–Crippen LogP) is 1.06. The van der Waals surface area contributed by atoms with Gasteiger partial charge in [0.05, 0.1) is 5.56 Å². The number of benzene rings is 1. The number of rotatable bonds is 6. The van der Waals surface area contributed by atoms with Crippen LogP contribution in [0.5, 0.6) is 5.75 Å². The first-order valence-electron chi connectivity index (χ1n) is 7.84. The van der Waals surface area contributed by atoms with Crippen LogP contribution in [0.2, 0.25) is 0 Å². The van der Waals surface area contributed by atoms with E-state index in [-0.39, 0.29) is 12.1 Å². The van der Waals surface area contributed by atoms with Crippen LogP contribution in [0, 0.1) is 5.82 Å². The van der Waals surface area contributed by atoms with Crippen molar-refractivity contribution in [2.45, 2.75) is 24.6 Å². The summed E-state index contributed by atoms with van der Waals surface area (Å²) < 4.78 is 37.1. The molecule has 1 heterocycles. The van der Waals surface area contributed by atoms with Gasteiger partial charge >= 0.3 is 0 Å². The number of carbonyl (C=O) groups is 1. The topological polar surface area (TPSA) is 126 Å². The molecule has 0 aliphatic heterocycles. The number of pyridine rings is 1. The average Bonchev–Trinajstić information content (AvgIpc) is 2.62. The van der Waals surface area contributed by atoms with Gasteiger partial charge in [-0.15, -0.1) is 0 Å². The van der Waals surface area contributed by atoms with Gasteiger partial charge in [-0.2, -0.15) is 0 Å². The Morgan fingerprint density at radius 1 is 1.30 bits per heavy atom. The zero-order valence-electron chi connectivity index (χ0n) is 14.6. The van der Waals surface area contributed by atoms with Crippen molar-refractivity contribution in [3.63, 3.8) is 0 Å². The zero-order valence-corrected chi connectivity index (χ0v) is 15.5. The molecule has 27 heavy (non-hydrogen) atoms. The molecular formula is C17H19FN2O6S. The highest BCUT2D eigenvalue weighted by molar-refractivity contribution is 7.92. The van der Waals surface area contributed by atoms with Crippen LogP contribution >= 0.6 is 0 Å². The summed E-state index contributed by atoms with van der Waals surface area (Å²) in [5.74, 6) is -2.89. The summed E-state index contributed by atoms with van der Waals surface area (Å²) in [6.45, 7) is 0.697. The second-order valence-corrected chi connectivity index (χ2v) is 8.70. The molecular weight excluding hydrogens is 379 g/mol. The van der Waals surface area contributed by atoms with Crippen molar-refractivity contribution in [1.82, 2.24) is 10.0 Å². The highest BCUT2D eigenvalue weighted by Gasteiger charge is 2.43. The number of hydrogen-bond donors (Lipinski definition) is 3. The van der Waals surface area contributed by atoms with Crippen LogP contribution in [0.1, 0.15) is 13.3 Å². The molecule has 1 atom stereocenters. The van der Waals surface area contributed by atoms with Gasteiger partial charge in [0.2, 0.25) is 0 Å². The van der Waals surface area contributed by atoms with Crippen molar-refractivity contribution in [2.24, 2.45) is 0 Å². The molecule has 3 N–H and O–H groups in total. The number of sulfone groups is 1. The minimum atomic E-state index is -3.97. The number of carbonyl (C=O) groups excluding carboxylic acids is 1. The molecule has 0 aliphatic carbocycles. The molecule has 0 spiro atoms. The predicted molar refractivity (Wildman–Crippen MR) is 95.6 cm³/mol. The molecule has 2 rings (SSSR count). The standard InChI is InChI=1S/C17H19FN2O6S/c1-17(16(23)19-24,27(2,25)26)8-9-20-10-12(18)13(14(21)15(20)22)11-6-4-3-5-7-11/h3-7,10,21,24H,8-9H2,1-2H3,(H,19,23)/t17-/m1/s1. The fraction of sp³-hybridized carbons (Fsp3) is 0.294. The fourth-order valence-corrected chi connectivity index (χ4v) is 3.43. The summed E-state index contributed by atoms with van der Waals surface area (Å²) in [6.07, 6.45) is 1.22. The van der Waals surface area contributed by atoms with E-state index in [1.54, 1.807) is 18.2 Å². The molecule has 10 heteroatoms. The Morgan fingerprint density at radius 3 is 2.41 bits per heavy atom. The van der Waals surface area contributed by atoms with Gasteiger partial charge in [0.1, 0.15) is 0 Å². The first-order chi connectivity index (χ1) is 12.5. The number of aromatic hydroxyl groups is 1.